The molecule has 2 heterocycles. The predicted molar refractivity (Wildman–Crippen MR) is 136 cm³/mol. The molecule has 0 aliphatic carbocycles. The first-order valence-corrected chi connectivity index (χ1v) is 12.2. The number of nitrogens with zero attached hydrogens (tertiary/aromatic N) is 1. The fraction of sp³-hybridized carbons (Fsp3) is 0.115. The van der Waals surface area contributed by atoms with Gasteiger partial charge >= 0.3 is 0 Å². The van der Waals surface area contributed by atoms with Gasteiger partial charge in [-0.25, -0.2) is 0 Å². The average Bonchev–Trinajstić information content (AvgIpc) is 3.37. The van der Waals surface area contributed by atoms with E-state index in [1.165, 1.54) is 18.0 Å². The largest absolute Gasteiger partial charge is 0.468 e. The van der Waals surface area contributed by atoms with E-state index in [4.69, 9.17) is 4.42 Å². The van der Waals surface area contributed by atoms with Gasteiger partial charge in [0.05, 0.1) is 40.2 Å². The van der Waals surface area contributed by atoms with Gasteiger partial charge in [-0.05, 0) is 43.3 Å². The lowest BCUT2D eigenvalue weighted by molar-refractivity contribution is -0.113. The molecule has 0 fully saturated rings. The van der Waals surface area contributed by atoms with Crippen molar-refractivity contribution in [1.82, 2.24) is 5.32 Å². The minimum Gasteiger partial charge on any atom is -0.468 e. The average molecular weight is 534 g/mol. The second kappa shape index (κ2) is 10.6. The maximum absolute atomic E-state index is 13.3. The van der Waals surface area contributed by atoms with Gasteiger partial charge in [-0.1, -0.05) is 58.0 Å². The number of ketones is 1. The first-order valence-electron chi connectivity index (χ1n) is 10.4. The van der Waals surface area contributed by atoms with E-state index in [2.05, 4.69) is 32.6 Å². The Morgan fingerprint density at radius 3 is 2.62 bits per heavy atom. The number of allylic oxidation sites excluding steroid dienone is 2. The first kappa shape index (κ1) is 23.6. The molecule has 6 nitrogen and oxygen atoms in total. The molecule has 1 aromatic heterocycles. The van der Waals surface area contributed by atoms with E-state index in [0.29, 0.717) is 38.9 Å². The van der Waals surface area contributed by atoms with Crippen LogP contribution in [0.3, 0.4) is 0 Å². The molecule has 3 aromatic rings. The quantitative estimate of drug-likeness (QED) is 0.362. The lowest BCUT2D eigenvalue weighted by atomic mass is 9.85. The van der Waals surface area contributed by atoms with Gasteiger partial charge in [0.2, 0.25) is 0 Å². The topological polar surface area (TPSA) is 95.1 Å². The zero-order chi connectivity index (χ0) is 24.1. The number of nitrogens with one attached hydrogen (secondary N) is 2. The Labute approximate surface area is 209 Å². The fourth-order valence-corrected chi connectivity index (χ4v) is 5.06. The molecule has 8 heteroatoms. The van der Waals surface area contributed by atoms with Crippen LogP contribution < -0.4 is 10.6 Å². The molecule has 1 aliphatic heterocycles. The number of thioether (sulfide) groups is 1. The maximum atomic E-state index is 13.3. The van der Waals surface area contributed by atoms with E-state index in [1.807, 2.05) is 24.3 Å². The molecule has 1 aliphatic rings. The van der Waals surface area contributed by atoms with Crippen molar-refractivity contribution in [2.45, 2.75) is 12.8 Å². The number of carbonyl (C=O) groups is 2. The minimum atomic E-state index is -0.701. The number of carbonyl (C=O) groups excluding carboxylic acids is 2. The van der Waals surface area contributed by atoms with Gasteiger partial charge in [0.1, 0.15) is 5.76 Å². The highest BCUT2D eigenvalue weighted by atomic mass is 79.9. The molecule has 2 aromatic carbocycles. The normalized spacial score (nSPS) is 15.5. The van der Waals surface area contributed by atoms with E-state index in [9.17, 15) is 14.9 Å². The van der Waals surface area contributed by atoms with E-state index in [-0.39, 0.29) is 17.4 Å². The molecule has 170 valence electrons. The number of hydrogen-bond donors (Lipinski definition) is 2. The molecule has 0 bridgehead atoms. The number of Topliss-reactive ketones (excluding diaryl/α,β-unsaturated/α-hetero) is 1. The van der Waals surface area contributed by atoms with Crippen molar-refractivity contribution < 1.29 is 14.0 Å². The molecule has 4 rings (SSSR count). The molecule has 0 spiro atoms. The molecule has 0 saturated heterocycles. The SMILES string of the molecule is CC1=C(C(=O)Nc2ccccc2)C(c2ccco2)C(C#N)=C(SCC(=O)c2cccc(Br)c2)N1. The molecule has 1 atom stereocenters. The summed E-state index contributed by atoms with van der Waals surface area (Å²) < 4.78 is 6.45. The Hall–Kier alpha value is -3.54. The third kappa shape index (κ3) is 5.16. The molecule has 0 saturated carbocycles. The van der Waals surface area contributed by atoms with Crippen molar-refractivity contribution in [2.24, 2.45) is 0 Å². The number of hydrogen-bond acceptors (Lipinski definition) is 6. The third-order valence-corrected chi connectivity index (χ3v) is 6.76. The van der Waals surface area contributed by atoms with Crippen LogP contribution in [0.2, 0.25) is 0 Å². The molecule has 1 amide bonds. The van der Waals surface area contributed by atoms with Gasteiger partial charge < -0.3 is 15.1 Å². The zero-order valence-electron chi connectivity index (χ0n) is 18.2. The van der Waals surface area contributed by atoms with Gasteiger partial charge in [0.25, 0.3) is 5.91 Å². The van der Waals surface area contributed by atoms with Crippen LogP contribution in [0.4, 0.5) is 5.69 Å². The Kier molecular flexibility index (Phi) is 7.36. The maximum Gasteiger partial charge on any atom is 0.254 e. The van der Waals surface area contributed by atoms with Crippen LogP contribution in [0.15, 0.2) is 104 Å². The summed E-state index contributed by atoms with van der Waals surface area (Å²) in [6.07, 6.45) is 1.51. The van der Waals surface area contributed by atoms with E-state index >= 15 is 0 Å². The molecular formula is C26H20BrN3O3S. The van der Waals surface area contributed by atoms with Gasteiger partial charge in [-0.3, -0.25) is 9.59 Å². The van der Waals surface area contributed by atoms with Crippen molar-refractivity contribution in [1.29, 1.82) is 5.26 Å². The zero-order valence-corrected chi connectivity index (χ0v) is 20.6. The summed E-state index contributed by atoms with van der Waals surface area (Å²) in [6.45, 7) is 1.78. The number of para-hydroxylation sites is 1. The summed E-state index contributed by atoms with van der Waals surface area (Å²) in [5, 5.41) is 16.7. The van der Waals surface area contributed by atoms with Crippen LogP contribution >= 0.6 is 27.7 Å². The second-order valence-corrected chi connectivity index (χ2v) is 9.41. The van der Waals surface area contributed by atoms with Gasteiger partial charge in [-0.2, -0.15) is 5.26 Å². The summed E-state index contributed by atoms with van der Waals surface area (Å²) in [4.78, 5) is 26.0. The van der Waals surface area contributed by atoms with Crippen LogP contribution in [-0.4, -0.2) is 17.4 Å². The lowest BCUT2D eigenvalue weighted by Gasteiger charge is -2.28. The summed E-state index contributed by atoms with van der Waals surface area (Å²) >= 11 is 4.62. The molecule has 0 radical (unpaired) electrons. The summed E-state index contributed by atoms with van der Waals surface area (Å²) in [5.74, 6) is -0.491. The Bertz CT molecular complexity index is 1320. The van der Waals surface area contributed by atoms with E-state index in [0.717, 1.165) is 4.47 Å². The van der Waals surface area contributed by atoms with Gasteiger partial charge in [0.15, 0.2) is 5.78 Å². The van der Waals surface area contributed by atoms with Crippen molar-refractivity contribution in [3.63, 3.8) is 0 Å². The Balaban J connectivity index is 1.64. The fourth-order valence-electron chi connectivity index (χ4n) is 3.67. The lowest BCUT2D eigenvalue weighted by Crippen LogP contribution is -2.30. The van der Waals surface area contributed by atoms with Crippen molar-refractivity contribution >= 4 is 45.1 Å². The first-order chi connectivity index (χ1) is 16.5. The predicted octanol–water partition coefficient (Wildman–Crippen LogP) is 5.99. The molecule has 34 heavy (non-hydrogen) atoms. The van der Waals surface area contributed by atoms with E-state index in [1.54, 1.807) is 49.4 Å². The Morgan fingerprint density at radius 1 is 1.15 bits per heavy atom. The highest BCUT2D eigenvalue weighted by Crippen LogP contribution is 2.41. The van der Waals surface area contributed by atoms with Crippen molar-refractivity contribution in [3.8, 4) is 6.07 Å². The van der Waals surface area contributed by atoms with Gasteiger partial charge in [-0.15, -0.1) is 0 Å². The number of dihydropyridines is 1. The number of nitriles is 1. The van der Waals surface area contributed by atoms with Crippen LogP contribution in [0.5, 0.6) is 0 Å². The summed E-state index contributed by atoms with van der Waals surface area (Å²) in [7, 11) is 0. The van der Waals surface area contributed by atoms with Crippen LogP contribution in [0.1, 0.15) is 29.0 Å². The van der Waals surface area contributed by atoms with Crippen LogP contribution in [0.25, 0.3) is 0 Å². The number of anilines is 1. The number of amides is 1. The number of halogens is 1. The third-order valence-electron chi connectivity index (χ3n) is 5.25. The molecule has 1 unspecified atom stereocenters. The van der Waals surface area contributed by atoms with Gasteiger partial charge in [0, 0.05) is 21.4 Å². The highest BCUT2D eigenvalue weighted by Gasteiger charge is 2.36. The standard InChI is InChI=1S/C26H20BrN3O3S/c1-16-23(25(32)30-19-9-3-2-4-10-19)24(22-11-6-12-33-22)20(14-28)26(29-16)34-15-21(31)17-7-5-8-18(27)13-17/h2-13,24,29H,15H2,1H3,(H,30,32). The smallest absolute Gasteiger partial charge is 0.254 e. The van der Waals surface area contributed by atoms with Crippen LogP contribution in [0, 0.1) is 11.3 Å². The number of furan rings is 1. The minimum absolute atomic E-state index is 0.0679. The second-order valence-electron chi connectivity index (χ2n) is 7.51. The van der Waals surface area contributed by atoms with E-state index < -0.39 is 5.92 Å². The monoisotopic (exact) mass is 533 g/mol. The molecule has 2 N–H and O–H groups in total. The summed E-state index contributed by atoms with van der Waals surface area (Å²) in [6, 6.07) is 22.0. The van der Waals surface area contributed by atoms with Crippen molar-refractivity contribution in [2.75, 3.05) is 11.1 Å². The Morgan fingerprint density at radius 2 is 1.94 bits per heavy atom. The van der Waals surface area contributed by atoms with Crippen molar-refractivity contribution in [3.05, 3.63) is 111 Å². The number of benzene rings is 2. The van der Waals surface area contributed by atoms with Crippen LogP contribution in [-0.2, 0) is 4.79 Å². The molecular weight excluding hydrogens is 514 g/mol. The highest BCUT2D eigenvalue weighted by molar-refractivity contribution is 9.10. The summed E-state index contributed by atoms with van der Waals surface area (Å²) in [5.41, 5.74) is 2.53. The number of rotatable bonds is 7.